The first-order chi connectivity index (χ1) is 11.0. The van der Waals surface area contributed by atoms with E-state index in [2.05, 4.69) is 10.3 Å². The van der Waals surface area contributed by atoms with Crippen LogP contribution in [0.1, 0.15) is 6.92 Å². The van der Waals surface area contributed by atoms with Crippen LogP contribution in [0, 0.1) is 10.1 Å². The molecule has 1 heterocycles. The zero-order valence-electron chi connectivity index (χ0n) is 12.6. The fraction of sp³-hybridized carbons (Fsp3) is 0.200. The Labute approximate surface area is 137 Å². The Bertz CT molecular complexity index is 706. The average molecular weight is 333 g/mol. The quantitative estimate of drug-likeness (QED) is 0.496. The average Bonchev–Trinajstić information content (AvgIpc) is 2.55. The summed E-state index contributed by atoms with van der Waals surface area (Å²) in [4.78, 5) is 27.2. The van der Waals surface area contributed by atoms with Crippen LogP contribution in [0.3, 0.4) is 0 Å². The maximum absolute atomic E-state index is 12.2. The molecule has 8 heteroatoms. The standard InChI is InChI=1S/C15H15N3O4S/c1-10(23-12-7-5-11(6-8-12)18(20)21)15(19)17-14-13(22-2)4-3-9-16-14/h3-10H,1-2H3,(H,16,17,19). The van der Waals surface area contributed by atoms with Crippen LogP contribution in [-0.2, 0) is 4.79 Å². The van der Waals surface area contributed by atoms with Crippen molar-refractivity contribution >= 4 is 29.2 Å². The molecule has 0 saturated heterocycles. The highest BCUT2D eigenvalue weighted by Crippen LogP contribution is 2.27. The van der Waals surface area contributed by atoms with Gasteiger partial charge >= 0.3 is 0 Å². The Morgan fingerprint density at radius 1 is 1.35 bits per heavy atom. The molecule has 0 spiro atoms. The first-order valence-electron chi connectivity index (χ1n) is 6.72. The number of amides is 1. The molecule has 1 aromatic heterocycles. The predicted octanol–water partition coefficient (Wildman–Crippen LogP) is 3.12. The second-order valence-electron chi connectivity index (χ2n) is 4.55. The van der Waals surface area contributed by atoms with Gasteiger partial charge in [0.05, 0.1) is 17.3 Å². The minimum atomic E-state index is -0.460. The first-order valence-corrected chi connectivity index (χ1v) is 7.60. The normalized spacial score (nSPS) is 11.6. The lowest BCUT2D eigenvalue weighted by atomic mass is 10.3. The van der Waals surface area contributed by atoms with Gasteiger partial charge in [-0.25, -0.2) is 4.98 Å². The fourth-order valence-corrected chi connectivity index (χ4v) is 2.64. The highest BCUT2D eigenvalue weighted by molar-refractivity contribution is 8.00. The molecule has 1 N–H and O–H groups in total. The van der Waals surface area contributed by atoms with Gasteiger partial charge in [-0.2, -0.15) is 0 Å². The van der Waals surface area contributed by atoms with Crippen molar-refractivity contribution in [2.24, 2.45) is 0 Å². The van der Waals surface area contributed by atoms with Gasteiger partial charge in [-0.1, -0.05) is 0 Å². The van der Waals surface area contributed by atoms with Gasteiger partial charge in [0.15, 0.2) is 11.6 Å². The molecule has 1 amide bonds. The summed E-state index contributed by atoms with van der Waals surface area (Å²) in [5.74, 6) is 0.606. The summed E-state index contributed by atoms with van der Waals surface area (Å²) in [5.41, 5.74) is 0.0182. The maximum Gasteiger partial charge on any atom is 0.269 e. The van der Waals surface area contributed by atoms with E-state index in [4.69, 9.17) is 4.74 Å². The number of carbonyl (C=O) groups is 1. The number of non-ortho nitro benzene ring substituents is 1. The lowest BCUT2D eigenvalue weighted by Gasteiger charge is -2.13. The van der Waals surface area contributed by atoms with Gasteiger partial charge in [0.1, 0.15) is 0 Å². The molecule has 2 aromatic rings. The Kier molecular flexibility index (Phi) is 5.53. The summed E-state index contributed by atoms with van der Waals surface area (Å²) in [7, 11) is 1.50. The van der Waals surface area contributed by atoms with Gasteiger partial charge in [0.25, 0.3) is 5.69 Å². The molecule has 0 radical (unpaired) electrons. The molecular formula is C15H15N3O4S. The van der Waals surface area contributed by atoms with Crippen LogP contribution in [0.25, 0.3) is 0 Å². The third kappa shape index (κ3) is 4.43. The number of nitro benzene ring substituents is 1. The van der Waals surface area contributed by atoms with Crippen molar-refractivity contribution in [2.45, 2.75) is 17.1 Å². The second kappa shape index (κ2) is 7.59. The van der Waals surface area contributed by atoms with E-state index in [9.17, 15) is 14.9 Å². The van der Waals surface area contributed by atoms with Crippen LogP contribution < -0.4 is 10.1 Å². The summed E-state index contributed by atoms with van der Waals surface area (Å²) in [5, 5.41) is 12.9. The SMILES string of the molecule is COc1cccnc1NC(=O)C(C)Sc1ccc([N+](=O)[O-])cc1. The molecule has 1 atom stereocenters. The Morgan fingerprint density at radius 3 is 2.65 bits per heavy atom. The van der Waals surface area contributed by atoms with E-state index in [-0.39, 0.29) is 11.6 Å². The smallest absolute Gasteiger partial charge is 0.269 e. The van der Waals surface area contributed by atoms with Crippen molar-refractivity contribution in [3.05, 3.63) is 52.7 Å². The minimum Gasteiger partial charge on any atom is -0.493 e. The van der Waals surface area contributed by atoms with Crippen molar-refractivity contribution in [2.75, 3.05) is 12.4 Å². The monoisotopic (exact) mass is 333 g/mol. The Hall–Kier alpha value is -2.61. The molecule has 0 saturated carbocycles. The van der Waals surface area contributed by atoms with Crippen LogP contribution in [0.2, 0.25) is 0 Å². The number of methoxy groups -OCH3 is 1. The third-order valence-electron chi connectivity index (χ3n) is 2.96. The number of anilines is 1. The second-order valence-corrected chi connectivity index (χ2v) is 5.97. The number of nitro groups is 1. The number of hydrogen-bond acceptors (Lipinski definition) is 6. The molecular weight excluding hydrogens is 318 g/mol. The van der Waals surface area contributed by atoms with Gasteiger partial charge in [-0.05, 0) is 31.2 Å². The Balaban J connectivity index is 2.01. The molecule has 1 aromatic carbocycles. The highest BCUT2D eigenvalue weighted by Gasteiger charge is 2.17. The van der Waals surface area contributed by atoms with Crippen molar-refractivity contribution < 1.29 is 14.5 Å². The number of rotatable bonds is 6. The van der Waals surface area contributed by atoms with Crippen LogP contribution in [0.15, 0.2) is 47.5 Å². The molecule has 120 valence electrons. The molecule has 1 unspecified atom stereocenters. The van der Waals surface area contributed by atoms with Gasteiger partial charge in [-0.15, -0.1) is 11.8 Å². The molecule has 7 nitrogen and oxygen atoms in total. The minimum absolute atomic E-state index is 0.0182. The van der Waals surface area contributed by atoms with Crippen LogP contribution in [0.5, 0.6) is 5.75 Å². The number of pyridine rings is 1. The molecule has 2 rings (SSSR count). The molecule has 0 bridgehead atoms. The van der Waals surface area contributed by atoms with Crippen molar-refractivity contribution in [1.29, 1.82) is 0 Å². The first kappa shape index (κ1) is 16.8. The summed E-state index contributed by atoms with van der Waals surface area (Å²) >= 11 is 1.30. The van der Waals surface area contributed by atoms with E-state index in [0.717, 1.165) is 4.90 Å². The largest absolute Gasteiger partial charge is 0.493 e. The number of carbonyl (C=O) groups excluding carboxylic acids is 1. The molecule has 0 aliphatic carbocycles. The van der Waals surface area contributed by atoms with E-state index >= 15 is 0 Å². The summed E-state index contributed by atoms with van der Waals surface area (Å²) in [6.45, 7) is 1.75. The third-order valence-corrected chi connectivity index (χ3v) is 4.07. The van der Waals surface area contributed by atoms with Gasteiger partial charge in [-0.3, -0.25) is 14.9 Å². The maximum atomic E-state index is 12.2. The van der Waals surface area contributed by atoms with Crippen LogP contribution >= 0.6 is 11.8 Å². The number of nitrogens with zero attached hydrogens (tertiary/aromatic N) is 2. The number of ether oxygens (including phenoxy) is 1. The fourth-order valence-electron chi connectivity index (χ4n) is 1.77. The van der Waals surface area contributed by atoms with Crippen molar-refractivity contribution in [1.82, 2.24) is 4.98 Å². The van der Waals surface area contributed by atoms with Gasteiger partial charge in [0.2, 0.25) is 5.91 Å². The molecule has 0 fully saturated rings. The summed E-state index contributed by atoms with van der Waals surface area (Å²) in [6.07, 6.45) is 1.56. The van der Waals surface area contributed by atoms with Gasteiger partial charge in [0, 0.05) is 23.2 Å². The molecule has 23 heavy (non-hydrogen) atoms. The van der Waals surface area contributed by atoms with Crippen LogP contribution in [0.4, 0.5) is 11.5 Å². The van der Waals surface area contributed by atoms with E-state index in [1.165, 1.54) is 31.0 Å². The molecule has 0 aliphatic heterocycles. The van der Waals surface area contributed by atoms with E-state index in [1.807, 2.05) is 0 Å². The lowest BCUT2D eigenvalue weighted by Crippen LogP contribution is -2.23. The van der Waals surface area contributed by atoms with Crippen LogP contribution in [-0.4, -0.2) is 28.2 Å². The number of nitrogens with one attached hydrogen (secondary N) is 1. The highest BCUT2D eigenvalue weighted by atomic mass is 32.2. The molecule has 0 aliphatic rings. The van der Waals surface area contributed by atoms with Gasteiger partial charge < -0.3 is 10.1 Å². The number of benzene rings is 1. The zero-order chi connectivity index (χ0) is 16.8. The number of aromatic nitrogens is 1. The summed E-state index contributed by atoms with van der Waals surface area (Å²) < 4.78 is 5.13. The van der Waals surface area contributed by atoms with E-state index in [1.54, 1.807) is 37.4 Å². The number of thioether (sulfide) groups is 1. The summed E-state index contributed by atoms with van der Waals surface area (Å²) in [6, 6.07) is 9.48. The van der Waals surface area contributed by atoms with Crippen molar-refractivity contribution in [3.63, 3.8) is 0 Å². The van der Waals surface area contributed by atoms with Crippen molar-refractivity contribution in [3.8, 4) is 5.75 Å². The number of hydrogen-bond donors (Lipinski definition) is 1. The van der Waals surface area contributed by atoms with E-state index < -0.39 is 10.2 Å². The predicted molar refractivity (Wildman–Crippen MR) is 87.8 cm³/mol. The zero-order valence-corrected chi connectivity index (χ0v) is 13.4. The lowest BCUT2D eigenvalue weighted by molar-refractivity contribution is -0.384. The van der Waals surface area contributed by atoms with E-state index in [0.29, 0.717) is 11.6 Å². The topological polar surface area (TPSA) is 94.4 Å². The Morgan fingerprint density at radius 2 is 2.04 bits per heavy atom.